The van der Waals surface area contributed by atoms with Gasteiger partial charge in [0.05, 0.1) is 30.6 Å². The normalized spacial score (nSPS) is 10.9. The average molecular weight is 595 g/mol. The van der Waals surface area contributed by atoms with Crippen LogP contribution in [-0.4, -0.2) is 45.9 Å². The molecule has 200 valence electrons. The molecule has 0 bridgehead atoms. The number of carbonyl (C=O) groups is 4. The first-order valence-corrected chi connectivity index (χ1v) is 12.5. The van der Waals surface area contributed by atoms with Crippen LogP contribution in [0.2, 0.25) is 0 Å². The SMILES string of the molecule is CCOC(=O)c1ccc(NC(=O)C(=O)NCc2ccc(/C=N/NC(=O)c3c(C)nc4ccc(Br)cn34)o2)cc1. The molecule has 0 saturated heterocycles. The second-order valence-corrected chi connectivity index (χ2v) is 8.97. The third-order valence-corrected chi connectivity index (χ3v) is 5.76. The van der Waals surface area contributed by atoms with Crippen LogP contribution in [0.25, 0.3) is 5.65 Å². The molecule has 3 aromatic heterocycles. The van der Waals surface area contributed by atoms with Crippen molar-refractivity contribution < 1.29 is 28.3 Å². The summed E-state index contributed by atoms with van der Waals surface area (Å²) in [7, 11) is 0. The number of furan rings is 1. The Morgan fingerprint density at radius 1 is 1.08 bits per heavy atom. The molecule has 39 heavy (non-hydrogen) atoms. The second-order valence-electron chi connectivity index (χ2n) is 8.06. The van der Waals surface area contributed by atoms with Gasteiger partial charge in [-0.3, -0.25) is 18.8 Å². The molecule has 13 heteroatoms. The number of fused-ring (bicyclic) bond motifs is 1. The van der Waals surface area contributed by atoms with Gasteiger partial charge in [-0.2, -0.15) is 5.10 Å². The Bertz CT molecular complexity index is 1570. The average Bonchev–Trinajstić information content (AvgIpc) is 3.50. The molecule has 0 radical (unpaired) electrons. The van der Waals surface area contributed by atoms with Gasteiger partial charge >= 0.3 is 17.8 Å². The van der Waals surface area contributed by atoms with Gasteiger partial charge in [0, 0.05) is 16.4 Å². The topological polar surface area (TPSA) is 156 Å². The monoisotopic (exact) mass is 594 g/mol. The Labute approximate surface area is 230 Å². The minimum absolute atomic E-state index is 0.0515. The zero-order valence-corrected chi connectivity index (χ0v) is 22.4. The number of halogens is 1. The number of esters is 1. The zero-order chi connectivity index (χ0) is 27.9. The molecule has 0 aliphatic carbocycles. The number of rotatable bonds is 8. The highest BCUT2D eigenvalue weighted by Crippen LogP contribution is 2.17. The summed E-state index contributed by atoms with van der Waals surface area (Å²) in [6.45, 7) is 3.63. The van der Waals surface area contributed by atoms with Gasteiger partial charge in [-0.1, -0.05) is 0 Å². The fraction of sp³-hybridized carbons (Fsp3) is 0.154. The lowest BCUT2D eigenvalue weighted by atomic mass is 10.2. The number of nitrogens with zero attached hydrogens (tertiary/aromatic N) is 3. The highest BCUT2D eigenvalue weighted by molar-refractivity contribution is 9.10. The fourth-order valence-electron chi connectivity index (χ4n) is 3.52. The molecule has 0 unspecified atom stereocenters. The number of aromatic nitrogens is 2. The molecule has 1 aromatic carbocycles. The minimum atomic E-state index is -0.885. The lowest BCUT2D eigenvalue weighted by molar-refractivity contribution is -0.136. The number of hydrogen-bond acceptors (Lipinski definition) is 8. The van der Waals surface area contributed by atoms with Crippen molar-refractivity contribution in [3.8, 4) is 0 Å². The zero-order valence-electron chi connectivity index (χ0n) is 20.9. The number of hydrazone groups is 1. The van der Waals surface area contributed by atoms with E-state index in [1.807, 2.05) is 6.07 Å². The van der Waals surface area contributed by atoms with E-state index in [1.165, 1.54) is 30.5 Å². The van der Waals surface area contributed by atoms with E-state index in [9.17, 15) is 19.2 Å². The molecule has 4 rings (SSSR count). The maximum Gasteiger partial charge on any atom is 0.338 e. The van der Waals surface area contributed by atoms with Gasteiger partial charge in [-0.25, -0.2) is 15.2 Å². The Morgan fingerprint density at radius 3 is 2.59 bits per heavy atom. The van der Waals surface area contributed by atoms with Crippen LogP contribution in [0.4, 0.5) is 5.69 Å². The van der Waals surface area contributed by atoms with E-state index in [2.05, 4.69) is 42.1 Å². The molecule has 0 aliphatic rings. The van der Waals surface area contributed by atoms with Gasteiger partial charge in [0.2, 0.25) is 0 Å². The van der Waals surface area contributed by atoms with E-state index in [4.69, 9.17) is 9.15 Å². The molecule has 3 N–H and O–H groups in total. The molecular formula is C26H23BrN6O6. The largest absolute Gasteiger partial charge is 0.462 e. The maximum absolute atomic E-state index is 12.7. The first-order chi connectivity index (χ1) is 18.7. The van der Waals surface area contributed by atoms with Crippen LogP contribution in [0.3, 0.4) is 0 Å². The third-order valence-electron chi connectivity index (χ3n) is 5.30. The van der Waals surface area contributed by atoms with E-state index in [0.29, 0.717) is 39.8 Å². The van der Waals surface area contributed by atoms with Crippen LogP contribution in [0.5, 0.6) is 0 Å². The Balaban J connectivity index is 1.27. The summed E-state index contributed by atoms with van der Waals surface area (Å²) in [5.41, 5.74) is 4.64. The number of ether oxygens (including phenoxy) is 1. The summed E-state index contributed by atoms with van der Waals surface area (Å²) < 4.78 is 12.9. The minimum Gasteiger partial charge on any atom is -0.462 e. The summed E-state index contributed by atoms with van der Waals surface area (Å²) in [6, 6.07) is 12.8. The number of anilines is 1. The van der Waals surface area contributed by atoms with Gasteiger partial charge in [0.15, 0.2) is 0 Å². The van der Waals surface area contributed by atoms with Crippen LogP contribution in [0, 0.1) is 6.92 Å². The number of imidazole rings is 1. The third kappa shape index (κ3) is 6.76. The number of pyridine rings is 1. The summed E-state index contributed by atoms with van der Waals surface area (Å²) >= 11 is 3.38. The van der Waals surface area contributed by atoms with Gasteiger partial charge in [0.25, 0.3) is 5.91 Å². The number of aryl methyl sites for hydroxylation is 1. The summed E-state index contributed by atoms with van der Waals surface area (Å²) in [5, 5.41) is 8.83. The van der Waals surface area contributed by atoms with Crippen molar-refractivity contribution in [2.45, 2.75) is 20.4 Å². The number of hydrogen-bond donors (Lipinski definition) is 3. The molecule has 12 nitrogen and oxygen atoms in total. The molecule has 0 spiro atoms. The van der Waals surface area contributed by atoms with Gasteiger partial charge in [0.1, 0.15) is 22.9 Å². The van der Waals surface area contributed by atoms with Crippen LogP contribution < -0.4 is 16.1 Å². The Hall–Kier alpha value is -4.78. The predicted octanol–water partition coefficient (Wildman–Crippen LogP) is 3.19. The molecule has 0 aliphatic heterocycles. The van der Waals surface area contributed by atoms with Crippen molar-refractivity contribution in [3.05, 3.63) is 87.7 Å². The number of carbonyl (C=O) groups excluding carboxylic acids is 4. The fourth-order valence-corrected chi connectivity index (χ4v) is 3.85. The molecule has 0 fully saturated rings. The molecule has 3 amide bonds. The molecule has 4 aromatic rings. The maximum atomic E-state index is 12.7. The Morgan fingerprint density at radius 2 is 1.85 bits per heavy atom. The van der Waals surface area contributed by atoms with Crippen molar-refractivity contribution in [3.63, 3.8) is 0 Å². The molecule has 0 saturated carbocycles. The highest BCUT2D eigenvalue weighted by atomic mass is 79.9. The second kappa shape index (κ2) is 12.2. The van der Waals surface area contributed by atoms with E-state index < -0.39 is 23.7 Å². The lowest BCUT2D eigenvalue weighted by Crippen LogP contribution is -2.34. The summed E-state index contributed by atoms with van der Waals surface area (Å²) in [5.74, 6) is -2.00. The lowest BCUT2D eigenvalue weighted by Gasteiger charge is -2.06. The van der Waals surface area contributed by atoms with E-state index in [-0.39, 0.29) is 13.2 Å². The van der Waals surface area contributed by atoms with Crippen LogP contribution >= 0.6 is 15.9 Å². The molecule has 3 heterocycles. The number of nitrogens with one attached hydrogen (secondary N) is 3. The Kier molecular flexibility index (Phi) is 8.51. The molecular weight excluding hydrogens is 572 g/mol. The number of benzene rings is 1. The van der Waals surface area contributed by atoms with Crippen LogP contribution in [0.1, 0.15) is 45.0 Å². The summed E-state index contributed by atoms with van der Waals surface area (Å²) in [6.07, 6.45) is 3.05. The van der Waals surface area contributed by atoms with Crippen LogP contribution in [-0.2, 0) is 20.9 Å². The van der Waals surface area contributed by atoms with Crippen molar-refractivity contribution >= 4 is 57.2 Å². The highest BCUT2D eigenvalue weighted by Gasteiger charge is 2.17. The number of amides is 3. The quantitative estimate of drug-likeness (QED) is 0.122. The van der Waals surface area contributed by atoms with Crippen molar-refractivity contribution in [2.24, 2.45) is 5.10 Å². The van der Waals surface area contributed by atoms with Crippen molar-refractivity contribution in [1.82, 2.24) is 20.1 Å². The molecule has 0 atom stereocenters. The van der Waals surface area contributed by atoms with Gasteiger partial charge in [-0.15, -0.1) is 0 Å². The standard InChI is InChI=1S/C26H23BrN6O6/c1-3-38-26(37)16-4-7-18(8-5-16)31-25(36)24(35)28-12-19-9-10-20(39-19)13-29-32-23(34)22-15(2)30-21-11-6-17(27)14-33(21)22/h4-11,13-14H,3,12H2,1-2H3,(H,28,35)(H,31,36)(H,32,34)/b29-13+. The first kappa shape index (κ1) is 27.3. The van der Waals surface area contributed by atoms with E-state index >= 15 is 0 Å². The van der Waals surface area contributed by atoms with Crippen LogP contribution in [0.15, 0.2) is 68.7 Å². The van der Waals surface area contributed by atoms with E-state index in [1.54, 1.807) is 42.6 Å². The smallest absolute Gasteiger partial charge is 0.338 e. The summed E-state index contributed by atoms with van der Waals surface area (Å²) in [4.78, 5) is 53.1. The first-order valence-electron chi connectivity index (χ1n) is 11.7. The van der Waals surface area contributed by atoms with Gasteiger partial charge in [-0.05, 0) is 78.3 Å². The van der Waals surface area contributed by atoms with Crippen molar-refractivity contribution in [2.75, 3.05) is 11.9 Å². The van der Waals surface area contributed by atoms with E-state index in [0.717, 1.165) is 4.47 Å². The van der Waals surface area contributed by atoms with Gasteiger partial charge < -0.3 is 19.8 Å². The predicted molar refractivity (Wildman–Crippen MR) is 144 cm³/mol. The van der Waals surface area contributed by atoms with Crippen molar-refractivity contribution in [1.29, 1.82) is 0 Å².